The van der Waals surface area contributed by atoms with Gasteiger partial charge in [0.2, 0.25) is 0 Å². The normalized spacial score (nSPS) is 10.1. The molecule has 0 spiro atoms. The van der Waals surface area contributed by atoms with E-state index in [1.807, 2.05) is 6.07 Å². The Balaban J connectivity index is 2.57. The molecular weight excluding hydrogens is 268 g/mol. The summed E-state index contributed by atoms with van der Waals surface area (Å²) in [4.78, 5) is 0. The Bertz CT molecular complexity index is 583. The average Bonchev–Trinajstić information content (AvgIpc) is 2.74. The van der Waals surface area contributed by atoms with Crippen molar-refractivity contribution in [2.24, 2.45) is 0 Å². The molecule has 0 unspecified atom stereocenters. The first-order valence-electron chi connectivity index (χ1n) is 4.23. The summed E-state index contributed by atoms with van der Waals surface area (Å²) in [5.41, 5.74) is 0.889. The summed E-state index contributed by atoms with van der Waals surface area (Å²) in [6.07, 6.45) is 1.63. The molecule has 0 saturated heterocycles. The fraction of sp³-hybridized carbons (Fsp3) is 0. The highest BCUT2D eigenvalue weighted by Gasteiger charge is 2.11. The number of halogens is 3. The second-order valence-electron chi connectivity index (χ2n) is 2.95. The number of rotatable bonds is 1. The van der Waals surface area contributed by atoms with Gasteiger partial charge in [-0.15, -0.1) is 0 Å². The van der Waals surface area contributed by atoms with Gasteiger partial charge in [-0.3, -0.25) is 0 Å². The minimum Gasteiger partial charge on any atom is -0.238 e. The van der Waals surface area contributed by atoms with Gasteiger partial charge in [0.25, 0.3) is 0 Å². The van der Waals surface area contributed by atoms with Crippen molar-refractivity contribution in [1.82, 2.24) is 9.78 Å². The molecule has 0 amide bonds. The molecule has 0 atom stereocenters. The van der Waals surface area contributed by atoms with Gasteiger partial charge >= 0.3 is 0 Å². The first kappa shape index (κ1) is 11.3. The van der Waals surface area contributed by atoms with E-state index in [2.05, 4.69) is 5.10 Å². The van der Waals surface area contributed by atoms with Gasteiger partial charge in [-0.25, -0.2) is 4.68 Å². The van der Waals surface area contributed by atoms with Crippen LogP contribution >= 0.6 is 34.8 Å². The smallest absolute Gasteiger partial charge is 0.162 e. The van der Waals surface area contributed by atoms with Crippen molar-refractivity contribution in [2.45, 2.75) is 0 Å². The summed E-state index contributed by atoms with van der Waals surface area (Å²) >= 11 is 17.7. The predicted octanol–water partition coefficient (Wildman–Crippen LogP) is 3.70. The maximum atomic E-state index is 8.66. The molecule has 0 bridgehead atoms. The van der Waals surface area contributed by atoms with Gasteiger partial charge in [0, 0.05) is 6.20 Å². The molecule has 1 heterocycles. The van der Waals surface area contributed by atoms with Crippen LogP contribution in [0.2, 0.25) is 15.1 Å². The van der Waals surface area contributed by atoms with Crippen molar-refractivity contribution in [2.75, 3.05) is 0 Å². The van der Waals surface area contributed by atoms with Gasteiger partial charge < -0.3 is 0 Å². The zero-order valence-electron chi connectivity index (χ0n) is 7.78. The molecule has 3 nitrogen and oxygen atoms in total. The fourth-order valence-corrected chi connectivity index (χ4v) is 1.83. The standard InChI is InChI=1S/C10H4Cl3N3/c11-7-1-2-8(10(13)9(7)12)16-4-3-6(5-14)15-16/h1-4H. The van der Waals surface area contributed by atoms with Gasteiger partial charge in [-0.1, -0.05) is 34.8 Å². The Morgan fingerprint density at radius 2 is 1.88 bits per heavy atom. The number of benzene rings is 1. The quantitative estimate of drug-likeness (QED) is 0.743. The molecule has 0 radical (unpaired) electrons. The van der Waals surface area contributed by atoms with E-state index in [1.165, 1.54) is 4.68 Å². The second-order valence-corrected chi connectivity index (χ2v) is 4.11. The van der Waals surface area contributed by atoms with E-state index in [1.54, 1.807) is 24.4 Å². The van der Waals surface area contributed by atoms with Crippen LogP contribution in [0.15, 0.2) is 24.4 Å². The number of nitriles is 1. The van der Waals surface area contributed by atoms with E-state index in [-0.39, 0.29) is 5.02 Å². The van der Waals surface area contributed by atoms with Crippen molar-refractivity contribution in [3.8, 4) is 11.8 Å². The van der Waals surface area contributed by atoms with Gasteiger partial charge in [0.05, 0.1) is 20.8 Å². The SMILES string of the molecule is N#Cc1ccn(-c2ccc(Cl)c(Cl)c2Cl)n1. The number of nitrogens with zero attached hydrogens (tertiary/aromatic N) is 3. The summed E-state index contributed by atoms with van der Waals surface area (Å²) in [5.74, 6) is 0. The molecule has 0 fully saturated rings. The Labute approximate surface area is 107 Å². The van der Waals surface area contributed by atoms with Crippen LogP contribution in [-0.4, -0.2) is 9.78 Å². The van der Waals surface area contributed by atoms with E-state index >= 15 is 0 Å². The number of hydrogen-bond acceptors (Lipinski definition) is 2. The third-order valence-corrected chi connectivity index (χ3v) is 3.25. The Morgan fingerprint density at radius 1 is 1.12 bits per heavy atom. The van der Waals surface area contributed by atoms with Crippen molar-refractivity contribution in [3.05, 3.63) is 45.2 Å². The van der Waals surface area contributed by atoms with E-state index < -0.39 is 0 Å². The Hall–Kier alpha value is -1.21. The molecule has 0 N–H and O–H groups in total. The lowest BCUT2D eigenvalue weighted by atomic mass is 10.3. The van der Waals surface area contributed by atoms with Crippen LogP contribution in [0, 0.1) is 11.3 Å². The molecule has 0 aliphatic heterocycles. The van der Waals surface area contributed by atoms with Crippen LogP contribution in [0.4, 0.5) is 0 Å². The minimum atomic E-state index is 0.273. The van der Waals surface area contributed by atoms with Crippen LogP contribution in [0.25, 0.3) is 5.69 Å². The molecule has 2 aromatic rings. The summed E-state index contributed by atoms with van der Waals surface area (Å²) in [7, 11) is 0. The summed E-state index contributed by atoms with van der Waals surface area (Å²) in [5, 5.41) is 13.6. The van der Waals surface area contributed by atoms with Gasteiger partial charge in [0.1, 0.15) is 6.07 Å². The summed E-state index contributed by atoms with van der Waals surface area (Å²) in [6, 6.07) is 6.82. The van der Waals surface area contributed by atoms with E-state index in [0.29, 0.717) is 21.4 Å². The van der Waals surface area contributed by atoms with Crippen molar-refractivity contribution in [1.29, 1.82) is 5.26 Å². The van der Waals surface area contributed by atoms with Crippen LogP contribution in [0.5, 0.6) is 0 Å². The Morgan fingerprint density at radius 3 is 2.50 bits per heavy atom. The van der Waals surface area contributed by atoms with Crippen molar-refractivity contribution < 1.29 is 0 Å². The van der Waals surface area contributed by atoms with E-state index in [4.69, 9.17) is 40.1 Å². The number of aromatic nitrogens is 2. The lowest BCUT2D eigenvalue weighted by Gasteiger charge is -2.06. The van der Waals surface area contributed by atoms with Gasteiger partial charge in [-0.2, -0.15) is 10.4 Å². The third kappa shape index (κ3) is 1.88. The van der Waals surface area contributed by atoms with Crippen molar-refractivity contribution >= 4 is 34.8 Å². The monoisotopic (exact) mass is 271 g/mol. The minimum absolute atomic E-state index is 0.273. The van der Waals surface area contributed by atoms with Crippen LogP contribution < -0.4 is 0 Å². The first-order chi connectivity index (χ1) is 7.63. The highest BCUT2D eigenvalue weighted by molar-refractivity contribution is 6.48. The van der Waals surface area contributed by atoms with Crippen LogP contribution in [-0.2, 0) is 0 Å². The summed E-state index contributed by atoms with van der Waals surface area (Å²) < 4.78 is 1.48. The predicted molar refractivity (Wildman–Crippen MR) is 63.3 cm³/mol. The van der Waals surface area contributed by atoms with Crippen LogP contribution in [0.1, 0.15) is 5.69 Å². The molecule has 0 aliphatic carbocycles. The zero-order chi connectivity index (χ0) is 11.7. The van der Waals surface area contributed by atoms with E-state index in [0.717, 1.165) is 0 Å². The molecule has 0 saturated carbocycles. The zero-order valence-corrected chi connectivity index (χ0v) is 10.1. The highest BCUT2D eigenvalue weighted by atomic mass is 35.5. The summed E-state index contributed by atoms with van der Waals surface area (Å²) in [6.45, 7) is 0. The molecule has 80 valence electrons. The lowest BCUT2D eigenvalue weighted by Crippen LogP contribution is -1.96. The second kappa shape index (κ2) is 4.34. The Kier molecular flexibility index (Phi) is 3.06. The molecule has 6 heteroatoms. The van der Waals surface area contributed by atoms with Gasteiger partial charge in [0.15, 0.2) is 5.69 Å². The molecule has 0 aliphatic rings. The fourth-order valence-electron chi connectivity index (χ4n) is 1.21. The molecule has 1 aromatic carbocycles. The highest BCUT2D eigenvalue weighted by Crippen LogP contribution is 2.34. The van der Waals surface area contributed by atoms with E-state index in [9.17, 15) is 0 Å². The van der Waals surface area contributed by atoms with Crippen molar-refractivity contribution in [3.63, 3.8) is 0 Å². The van der Waals surface area contributed by atoms with Crippen LogP contribution in [0.3, 0.4) is 0 Å². The number of hydrogen-bond donors (Lipinski definition) is 0. The largest absolute Gasteiger partial charge is 0.238 e. The molecule has 1 aromatic heterocycles. The first-order valence-corrected chi connectivity index (χ1v) is 5.36. The maximum Gasteiger partial charge on any atom is 0.162 e. The van der Waals surface area contributed by atoms with Gasteiger partial charge in [-0.05, 0) is 18.2 Å². The molecule has 2 rings (SSSR count). The average molecular weight is 273 g/mol. The molecule has 16 heavy (non-hydrogen) atoms. The topological polar surface area (TPSA) is 41.6 Å². The lowest BCUT2D eigenvalue weighted by molar-refractivity contribution is 0.873. The molecular formula is C10H4Cl3N3. The third-order valence-electron chi connectivity index (χ3n) is 1.97. The maximum absolute atomic E-state index is 8.66.